The third-order valence-electron chi connectivity index (χ3n) is 4.44. The van der Waals surface area contributed by atoms with E-state index in [1.165, 1.54) is 19.3 Å². The second-order valence-corrected chi connectivity index (χ2v) is 6.50. The smallest absolute Gasteiger partial charge is 0.225 e. The van der Waals surface area contributed by atoms with Gasteiger partial charge in [-0.25, -0.2) is 4.68 Å². The van der Waals surface area contributed by atoms with Gasteiger partial charge in [-0.1, -0.05) is 49.1 Å². The molecule has 5 heteroatoms. The first-order valence-corrected chi connectivity index (χ1v) is 8.68. The summed E-state index contributed by atoms with van der Waals surface area (Å²) in [6.07, 6.45) is 8.89. The van der Waals surface area contributed by atoms with Crippen molar-refractivity contribution < 1.29 is 4.79 Å². The van der Waals surface area contributed by atoms with E-state index in [0.29, 0.717) is 23.9 Å². The SMILES string of the molecule is O=C(CCc1ccccc1Cl)Nc1ccnn1C1CCCCC1. The predicted molar refractivity (Wildman–Crippen MR) is 92.8 cm³/mol. The summed E-state index contributed by atoms with van der Waals surface area (Å²) < 4.78 is 1.98. The molecule has 1 heterocycles. The van der Waals surface area contributed by atoms with Gasteiger partial charge < -0.3 is 5.32 Å². The number of nitrogens with zero attached hydrogens (tertiary/aromatic N) is 2. The third kappa shape index (κ3) is 4.14. The number of aromatic nitrogens is 2. The number of hydrogen-bond donors (Lipinski definition) is 1. The number of halogens is 1. The summed E-state index contributed by atoms with van der Waals surface area (Å²) in [6.45, 7) is 0. The lowest BCUT2D eigenvalue weighted by molar-refractivity contribution is -0.116. The predicted octanol–water partition coefficient (Wildman–Crippen LogP) is 4.61. The Labute approximate surface area is 141 Å². The number of rotatable bonds is 5. The first-order valence-electron chi connectivity index (χ1n) is 8.31. The molecule has 0 bridgehead atoms. The van der Waals surface area contributed by atoms with Gasteiger partial charge in [0.1, 0.15) is 5.82 Å². The molecule has 0 unspecified atom stereocenters. The summed E-state index contributed by atoms with van der Waals surface area (Å²) in [5, 5.41) is 8.12. The molecule has 1 aromatic heterocycles. The Kier molecular flexibility index (Phi) is 5.34. The van der Waals surface area contributed by atoms with Gasteiger partial charge in [-0.05, 0) is 30.9 Å². The van der Waals surface area contributed by atoms with Crippen LogP contribution in [0.25, 0.3) is 0 Å². The normalized spacial score (nSPS) is 15.5. The molecule has 122 valence electrons. The van der Waals surface area contributed by atoms with Crippen molar-refractivity contribution in [2.24, 2.45) is 0 Å². The van der Waals surface area contributed by atoms with Crippen LogP contribution in [-0.4, -0.2) is 15.7 Å². The topological polar surface area (TPSA) is 46.9 Å². The fourth-order valence-electron chi connectivity index (χ4n) is 3.18. The molecule has 0 spiro atoms. The number of amides is 1. The summed E-state index contributed by atoms with van der Waals surface area (Å²) in [6, 6.07) is 9.94. The van der Waals surface area contributed by atoms with Gasteiger partial charge in [-0.2, -0.15) is 5.10 Å². The minimum atomic E-state index is 0.00230. The van der Waals surface area contributed by atoms with E-state index >= 15 is 0 Å². The molecule has 1 aliphatic carbocycles. The van der Waals surface area contributed by atoms with Crippen LogP contribution in [0.1, 0.15) is 50.1 Å². The largest absolute Gasteiger partial charge is 0.311 e. The average molecular weight is 332 g/mol. The van der Waals surface area contributed by atoms with Crippen molar-refractivity contribution in [2.45, 2.75) is 51.0 Å². The van der Waals surface area contributed by atoms with Crippen molar-refractivity contribution in [3.63, 3.8) is 0 Å². The van der Waals surface area contributed by atoms with Crippen LogP contribution in [0.3, 0.4) is 0 Å². The molecule has 1 N–H and O–H groups in total. The van der Waals surface area contributed by atoms with Crippen LogP contribution in [0.5, 0.6) is 0 Å². The number of anilines is 1. The van der Waals surface area contributed by atoms with Gasteiger partial charge in [0.25, 0.3) is 0 Å². The quantitative estimate of drug-likeness (QED) is 0.869. The highest BCUT2D eigenvalue weighted by Crippen LogP contribution is 2.30. The van der Waals surface area contributed by atoms with Gasteiger partial charge in [-0.3, -0.25) is 4.79 Å². The zero-order chi connectivity index (χ0) is 16.1. The minimum absolute atomic E-state index is 0.00230. The second kappa shape index (κ2) is 7.64. The highest BCUT2D eigenvalue weighted by atomic mass is 35.5. The van der Waals surface area contributed by atoms with Crippen LogP contribution >= 0.6 is 11.6 Å². The summed E-state index contributed by atoms with van der Waals surface area (Å²) in [4.78, 5) is 12.2. The van der Waals surface area contributed by atoms with E-state index in [2.05, 4.69) is 10.4 Å². The van der Waals surface area contributed by atoms with E-state index in [-0.39, 0.29) is 5.91 Å². The van der Waals surface area contributed by atoms with E-state index in [1.807, 2.05) is 35.0 Å². The van der Waals surface area contributed by atoms with Gasteiger partial charge in [0.05, 0.1) is 12.2 Å². The van der Waals surface area contributed by atoms with Gasteiger partial charge >= 0.3 is 0 Å². The molecule has 0 saturated heterocycles. The lowest BCUT2D eigenvalue weighted by Crippen LogP contribution is -2.20. The lowest BCUT2D eigenvalue weighted by atomic mass is 9.96. The molecule has 23 heavy (non-hydrogen) atoms. The van der Waals surface area contributed by atoms with E-state index in [0.717, 1.165) is 24.2 Å². The molecule has 0 aliphatic heterocycles. The van der Waals surface area contributed by atoms with Crippen LogP contribution < -0.4 is 5.32 Å². The van der Waals surface area contributed by atoms with Crippen molar-refractivity contribution in [2.75, 3.05) is 5.32 Å². The second-order valence-electron chi connectivity index (χ2n) is 6.09. The number of hydrogen-bond acceptors (Lipinski definition) is 2. The first-order chi connectivity index (χ1) is 11.2. The standard InChI is InChI=1S/C18H22ClN3O/c19-16-9-5-4-6-14(16)10-11-18(23)21-17-12-13-20-22(17)15-7-2-1-3-8-15/h4-6,9,12-13,15H,1-3,7-8,10-11H2,(H,21,23). The zero-order valence-electron chi connectivity index (χ0n) is 13.2. The third-order valence-corrected chi connectivity index (χ3v) is 4.81. The Morgan fingerprint density at radius 1 is 1.22 bits per heavy atom. The molecular formula is C18H22ClN3O. The molecule has 1 amide bonds. The van der Waals surface area contributed by atoms with Crippen LogP contribution in [0.15, 0.2) is 36.5 Å². The molecule has 1 saturated carbocycles. The first kappa shape index (κ1) is 16.1. The van der Waals surface area contributed by atoms with E-state index in [4.69, 9.17) is 11.6 Å². The van der Waals surface area contributed by atoms with E-state index < -0.39 is 0 Å². The van der Waals surface area contributed by atoms with E-state index in [9.17, 15) is 4.79 Å². The van der Waals surface area contributed by atoms with Crippen LogP contribution in [-0.2, 0) is 11.2 Å². The van der Waals surface area contributed by atoms with E-state index in [1.54, 1.807) is 6.20 Å². The molecule has 1 aromatic carbocycles. The van der Waals surface area contributed by atoms with Crippen molar-refractivity contribution >= 4 is 23.3 Å². The van der Waals surface area contributed by atoms with Gasteiger partial charge in [0, 0.05) is 17.5 Å². The Hall–Kier alpha value is -1.81. The summed E-state index contributed by atoms with van der Waals surface area (Å²) in [7, 11) is 0. The Bertz CT molecular complexity index is 662. The number of carbonyl (C=O) groups is 1. The molecule has 0 atom stereocenters. The molecule has 1 fully saturated rings. The van der Waals surface area contributed by atoms with Crippen molar-refractivity contribution in [3.05, 3.63) is 47.1 Å². The molecule has 2 aromatic rings. The Balaban J connectivity index is 1.58. The summed E-state index contributed by atoms with van der Waals surface area (Å²) in [5.41, 5.74) is 1.00. The van der Waals surface area contributed by atoms with Crippen molar-refractivity contribution in [1.82, 2.24) is 9.78 Å². The monoisotopic (exact) mass is 331 g/mol. The average Bonchev–Trinajstić information content (AvgIpc) is 3.03. The van der Waals surface area contributed by atoms with Gasteiger partial charge in [-0.15, -0.1) is 0 Å². The summed E-state index contributed by atoms with van der Waals surface area (Å²) in [5.74, 6) is 0.809. The van der Waals surface area contributed by atoms with Crippen molar-refractivity contribution in [3.8, 4) is 0 Å². The Morgan fingerprint density at radius 2 is 2.00 bits per heavy atom. The zero-order valence-corrected chi connectivity index (χ0v) is 13.9. The van der Waals surface area contributed by atoms with Gasteiger partial charge in [0.2, 0.25) is 5.91 Å². The maximum absolute atomic E-state index is 12.2. The van der Waals surface area contributed by atoms with Gasteiger partial charge in [0.15, 0.2) is 0 Å². The number of nitrogens with one attached hydrogen (secondary N) is 1. The highest BCUT2D eigenvalue weighted by molar-refractivity contribution is 6.31. The maximum atomic E-state index is 12.2. The lowest BCUT2D eigenvalue weighted by Gasteiger charge is -2.23. The molecular weight excluding hydrogens is 310 g/mol. The fourth-order valence-corrected chi connectivity index (χ4v) is 3.41. The molecule has 4 nitrogen and oxygen atoms in total. The molecule has 3 rings (SSSR count). The maximum Gasteiger partial charge on any atom is 0.225 e. The fraction of sp³-hybridized carbons (Fsp3) is 0.444. The number of aryl methyl sites for hydroxylation is 1. The van der Waals surface area contributed by atoms with Crippen LogP contribution in [0, 0.1) is 0 Å². The number of carbonyl (C=O) groups excluding carboxylic acids is 1. The highest BCUT2D eigenvalue weighted by Gasteiger charge is 2.19. The Morgan fingerprint density at radius 3 is 2.78 bits per heavy atom. The van der Waals surface area contributed by atoms with Crippen molar-refractivity contribution in [1.29, 1.82) is 0 Å². The molecule has 1 aliphatic rings. The minimum Gasteiger partial charge on any atom is -0.311 e. The van der Waals surface area contributed by atoms with Crippen LogP contribution in [0.4, 0.5) is 5.82 Å². The summed E-state index contributed by atoms with van der Waals surface area (Å²) >= 11 is 6.13. The number of benzene rings is 1. The molecule has 0 radical (unpaired) electrons. The van der Waals surface area contributed by atoms with Crippen LogP contribution in [0.2, 0.25) is 5.02 Å².